The third kappa shape index (κ3) is 0.277. The molecule has 0 amide bonds. The summed E-state index contributed by atoms with van der Waals surface area (Å²) in [5, 5.41) is 4.81. The zero-order valence-corrected chi connectivity index (χ0v) is 19.5. The SMILES string of the molecule is C[C]12[CH]3[CH]4[CH]5[C]1(c1ccccc1P(c1ccccc1)c1ccccc1)[Fe]43521678[CH]2[CH]1[CH]6[CH]7[CH]28. The predicted molar refractivity (Wildman–Crippen MR) is 125 cm³/mol. The molecule has 0 aliphatic carbocycles. The monoisotopic (exact) mass is 460 g/mol. The van der Waals surface area contributed by atoms with E-state index in [9.17, 15) is 0 Å². The second-order valence-electron chi connectivity index (χ2n) is 14.6. The second kappa shape index (κ2) is 1.85. The van der Waals surface area contributed by atoms with Gasteiger partial charge < -0.3 is 0 Å². The summed E-state index contributed by atoms with van der Waals surface area (Å²) in [6.45, 7) is -0.452. The zero-order chi connectivity index (χ0) is 19.7. The molecule has 3 aromatic carbocycles. The molecule has 3 aromatic rings. The summed E-state index contributed by atoms with van der Waals surface area (Å²) in [5.41, 5.74) is 1.91. The maximum absolute atomic E-state index is 3.35. The molecule has 0 radical (unpaired) electrons. The van der Waals surface area contributed by atoms with Crippen molar-refractivity contribution < 1.29 is 6.51 Å². The van der Waals surface area contributed by atoms with E-state index in [-0.39, 0.29) is 0 Å². The van der Waals surface area contributed by atoms with Gasteiger partial charge in [-0.05, 0) is 0 Å². The van der Waals surface area contributed by atoms with Crippen molar-refractivity contribution in [3.8, 4) is 0 Å². The average molecular weight is 460 g/mol. The zero-order valence-electron chi connectivity index (χ0n) is 17.5. The summed E-state index contributed by atoms with van der Waals surface area (Å²) >= 11 is 0. The van der Waals surface area contributed by atoms with Crippen molar-refractivity contribution in [3.05, 3.63) is 90.5 Å². The van der Waals surface area contributed by atoms with E-state index >= 15 is 0 Å². The summed E-state index contributed by atoms with van der Waals surface area (Å²) in [6.07, 6.45) is 0. The van der Waals surface area contributed by atoms with E-state index in [1.165, 1.54) is 49.1 Å². The van der Waals surface area contributed by atoms with Gasteiger partial charge in [0.05, 0.1) is 0 Å². The van der Waals surface area contributed by atoms with E-state index in [0.717, 1.165) is 8.63 Å². The maximum atomic E-state index is 2.90. The van der Waals surface area contributed by atoms with Crippen LogP contribution < -0.4 is 15.9 Å². The van der Waals surface area contributed by atoms with Crippen molar-refractivity contribution in [2.75, 3.05) is 0 Å². The van der Waals surface area contributed by atoms with Gasteiger partial charge in [0.1, 0.15) is 0 Å². The summed E-state index contributed by atoms with van der Waals surface area (Å²) in [4.78, 5) is 10.8. The number of rotatable bonds is 4. The molecule has 13 rings (SSSR count). The minimum absolute atomic E-state index is 0.483. The standard InChI is InChI=1S/C24H20P.C5H5.Fe/c1-19-11-10-17-22(19)23-16-8-9-18-24(23)25(20-12-4-2-5-13-20)21-14-6-3-7-15-21;1-2-4-5-3-1;/h2-18H,1H3;1-5H;. The summed E-state index contributed by atoms with van der Waals surface area (Å²) < 4.78 is 1.64. The molecule has 10 aliphatic rings. The summed E-state index contributed by atoms with van der Waals surface area (Å²) in [7, 11) is -0.483. The first-order valence-electron chi connectivity index (χ1n) is 12.2. The van der Waals surface area contributed by atoms with Crippen molar-refractivity contribution in [2.45, 2.75) is 54.1 Å². The van der Waals surface area contributed by atoms with Gasteiger partial charge in [0.25, 0.3) is 0 Å². The Hall–Kier alpha value is -1.39. The number of benzene rings is 3. The van der Waals surface area contributed by atoms with Crippen LogP contribution >= 0.6 is 7.92 Å². The van der Waals surface area contributed by atoms with E-state index in [1.807, 2.05) is 5.56 Å². The van der Waals surface area contributed by atoms with Gasteiger partial charge in [-0.3, -0.25) is 0 Å². The quantitative estimate of drug-likeness (QED) is 0.303. The van der Waals surface area contributed by atoms with Crippen LogP contribution in [0, 0.1) is 0 Å². The Balaban J connectivity index is 1.17. The fourth-order valence-corrected chi connectivity index (χ4v) is 101. The van der Waals surface area contributed by atoms with Crippen LogP contribution in [0.3, 0.4) is 0 Å². The van der Waals surface area contributed by atoms with Gasteiger partial charge in [-0.15, -0.1) is 0 Å². The average Bonchev–Trinajstić information content (AvgIpc) is 3.77. The Morgan fingerprint density at radius 2 is 1.13 bits per heavy atom. The Bertz CT molecular complexity index is 1790. The van der Waals surface area contributed by atoms with Crippen LogP contribution in [0.4, 0.5) is 0 Å². The van der Waals surface area contributed by atoms with Crippen molar-refractivity contribution in [1.82, 2.24) is 0 Å². The Labute approximate surface area is 174 Å². The molecule has 1 spiro atoms. The molecule has 0 N–H and O–H groups in total. The first-order chi connectivity index (χ1) is 15.0. The number of hydrogen-bond acceptors (Lipinski definition) is 0. The molecule has 31 heavy (non-hydrogen) atoms. The van der Waals surface area contributed by atoms with Gasteiger partial charge >= 0.3 is 175 Å². The normalized spacial score (nSPS) is 73.0. The van der Waals surface area contributed by atoms with Crippen LogP contribution in [0.2, 0.25) is 42.8 Å². The van der Waals surface area contributed by atoms with Crippen molar-refractivity contribution in [3.63, 3.8) is 0 Å². The van der Waals surface area contributed by atoms with Gasteiger partial charge in [-0.1, -0.05) is 0 Å². The molecule has 10 heterocycles. The topological polar surface area (TPSA) is 0 Å². The molecule has 0 saturated carbocycles. The molecule has 154 valence electrons. The van der Waals surface area contributed by atoms with Gasteiger partial charge in [0, 0.05) is 0 Å². The van der Waals surface area contributed by atoms with E-state index in [1.54, 1.807) is 5.30 Å². The van der Waals surface area contributed by atoms with Gasteiger partial charge in [-0.25, -0.2) is 0 Å². The molecular weight excluding hydrogens is 435 g/mol. The molecule has 0 nitrogen and oxygen atoms in total. The van der Waals surface area contributed by atoms with Gasteiger partial charge in [-0.2, -0.15) is 0 Å². The molecule has 10 aliphatic heterocycles. The molecule has 0 aromatic heterocycles. The fraction of sp³-hybridized carbons (Fsp3) is 0.379. The van der Waals surface area contributed by atoms with Crippen molar-refractivity contribution in [1.29, 1.82) is 0 Å². The van der Waals surface area contributed by atoms with Gasteiger partial charge in [0.2, 0.25) is 0 Å². The molecule has 5 unspecified atom stereocenters. The fourth-order valence-electron chi connectivity index (χ4n) is 21.0. The molecule has 10 fully saturated rings. The van der Waals surface area contributed by atoms with E-state index < -0.39 is 14.4 Å². The first kappa shape index (κ1) is 14.0. The molecule has 0 bridgehead atoms. The molecule has 5 atom stereocenters. The molecule has 10 saturated heterocycles. The second-order valence-corrected chi connectivity index (χ2v) is 40.3. The molecular formula is C29H25FeP. The first-order valence-corrected chi connectivity index (χ1v) is 19.8. The van der Waals surface area contributed by atoms with Crippen molar-refractivity contribution >= 4 is 23.8 Å². The van der Waals surface area contributed by atoms with Crippen LogP contribution in [-0.2, 0) is 10.8 Å². The summed E-state index contributed by atoms with van der Waals surface area (Å²) in [5.74, 6) is 0. The van der Waals surface area contributed by atoms with Crippen LogP contribution in [0.15, 0.2) is 84.9 Å². The van der Waals surface area contributed by atoms with Crippen LogP contribution in [0.5, 0.6) is 0 Å². The number of hydrogen-bond donors (Lipinski definition) is 0. The van der Waals surface area contributed by atoms with Crippen molar-refractivity contribution in [2.24, 2.45) is 0 Å². The predicted octanol–water partition coefficient (Wildman–Crippen LogP) is 6.63. The Morgan fingerprint density at radius 1 is 0.613 bits per heavy atom. The third-order valence-electron chi connectivity index (χ3n) is 19.2. The van der Waals surface area contributed by atoms with E-state index in [4.69, 9.17) is 0 Å². The van der Waals surface area contributed by atoms with E-state index in [0.29, 0.717) is 0 Å². The van der Waals surface area contributed by atoms with Gasteiger partial charge in [0.15, 0.2) is 0 Å². The minimum atomic E-state index is -3.35. The van der Waals surface area contributed by atoms with Crippen LogP contribution in [-0.4, -0.2) is 0 Å². The third-order valence-corrected chi connectivity index (χ3v) is 65.9. The summed E-state index contributed by atoms with van der Waals surface area (Å²) in [6, 6.07) is 33.0. The number of fused-ring (bicyclic) bond motifs is 10. The van der Waals surface area contributed by atoms with Crippen LogP contribution in [0.1, 0.15) is 12.5 Å². The Kier molecular flexibility index (Phi) is 0.835. The Morgan fingerprint density at radius 3 is 1.55 bits per heavy atom. The van der Waals surface area contributed by atoms with Crippen LogP contribution in [0.25, 0.3) is 0 Å². The van der Waals surface area contributed by atoms with E-state index in [2.05, 4.69) is 91.9 Å². The molecule has 2 heteroatoms.